The molecule has 0 unspecified atom stereocenters. The Bertz CT molecular complexity index is 723. The number of anilines is 1. The first kappa shape index (κ1) is 19.6. The lowest BCUT2D eigenvalue weighted by Gasteiger charge is -2.14. The molecule has 5 nitrogen and oxygen atoms in total. The van der Waals surface area contributed by atoms with Crippen LogP contribution >= 0.6 is 0 Å². The molecule has 0 radical (unpaired) electrons. The monoisotopic (exact) mass is 357 g/mol. The van der Waals surface area contributed by atoms with Gasteiger partial charge in [-0.2, -0.15) is 0 Å². The van der Waals surface area contributed by atoms with Gasteiger partial charge in [-0.1, -0.05) is 6.07 Å². The first-order valence-corrected chi connectivity index (χ1v) is 8.92. The predicted octanol–water partition coefficient (Wildman–Crippen LogP) is 4.51. The SMILES string of the molecule is CCOc1ccc(OCC)c(NC(=O)CCOc2cc(C)cc(C)c2)c1. The second-order valence-electron chi connectivity index (χ2n) is 5.99. The summed E-state index contributed by atoms with van der Waals surface area (Å²) < 4.78 is 16.8. The van der Waals surface area contributed by atoms with Crippen LogP contribution in [0.15, 0.2) is 36.4 Å². The molecule has 0 aromatic heterocycles. The number of carbonyl (C=O) groups is 1. The summed E-state index contributed by atoms with van der Waals surface area (Å²) in [5, 5.41) is 2.88. The highest BCUT2D eigenvalue weighted by Crippen LogP contribution is 2.29. The van der Waals surface area contributed by atoms with Crippen molar-refractivity contribution in [3.63, 3.8) is 0 Å². The number of hydrogen-bond acceptors (Lipinski definition) is 4. The van der Waals surface area contributed by atoms with Crippen LogP contribution in [0.3, 0.4) is 0 Å². The Morgan fingerprint density at radius 2 is 1.58 bits per heavy atom. The molecule has 1 N–H and O–H groups in total. The van der Waals surface area contributed by atoms with Gasteiger partial charge in [-0.15, -0.1) is 0 Å². The molecule has 0 saturated carbocycles. The Morgan fingerprint density at radius 1 is 0.885 bits per heavy atom. The smallest absolute Gasteiger partial charge is 0.227 e. The molecular weight excluding hydrogens is 330 g/mol. The average molecular weight is 357 g/mol. The van der Waals surface area contributed by atoms with Crippen molar-refractivity contribution in [3.05, 3.63) is 47.5 Å². The lowest BCUT2D eigenvalue weighted by Crippen LogP contribution is -2.16. The van der Waals surface area contributed by atoms with Gasteiger partial charge in [-0.3, -0.25) is 4.79 Å². The minimum atomic E-state index is -0.135. The van der Waals surface area contributed by atoms with Crippen LogP contribution in [0.5, 0.6) is 17.2 Å². The van der Waals surface area contributed by atoms with Gasteiger partial charge in [0.25, 0.3) is 0 Å². The number of benzene rings is 2. The van der Waals surface area contributed by atoms with E-state index in [0.29, 0.717) is 37.0 Å². The van der Waals surface area contributed by atoms with Crippen molar-refractivity contribution >= 4 is 11.6 Å². The quantitative estimate of drug-likeness (QED) is 0.717. The zero-order valence-electron chi connectivity index (χ0n) is 15.9. The molecule has 1 amide bonds. The lowest BCUT2D eigenvalue weighted by atomic mass is 10.1. The molecule has 2 aromatic rings. The van der Waals surface area contributed by atoms with Gasteiger partial charge < -0.3 is 19.5 Å². The fraction of sp³-hybridized carbons (Fsp3) is 0.381. The molecular formula is C21H27NO4. The fourth-order valence-electron chi connectivity index (χ4n) is 2.64. The lowest BCUT2D eigenvalue weighted by molar-refractivity contribution is -0.116. The third-order valence-corrected chi connectivity index (χ3v) is 3.63. The van der Waals surface area contributed by atoms with E-state index < -0.39 is 0 Å². The van der Waals surface area contributed by atoms with Gasteiger partial charge >= 0.3 is 0 Å². The number of amides is 1. The molecule has 2 aromatic carbocycles. The summed E-state index contributed by atoms with van der Waals surface area (Å²) in [7, 11) is 0. The van der Waals surface area contributed by atoms with Gasteiger partial charge in [-0.05, 0) is 63.1 Å². The molecule has 140 valence electrons. The van der Waals surface area contributed by atoms with E-state index in [1.807, 2.05) is 45.9 Å². The van der Waals surface area contributed by atoms with Gasteiger partial charge in [0.15, 0.2) is 0 Å². The minimum absolute atomic E-state index is 0.135. The Balaban J connectivity index is 1.94. The zero-order valence-corrected chi connectivity index (χ0v) is 15.9. The average Bonchev–Trinajstić information content (AvgIpc) is 2.57. The number of hydrogen-bond donors (Lipinski definition) is 1. The van der Waals surface area contributed by atoms with E-state index >= 15 is 0 Å². The van der Waals surface area contributed by atoms with Crippen molar-refractivity contribution in [1.29, 1.82) is 0 Å². The predicted molar refractivity (Wildman–Crippen MR) is 103 cm³/mol. The molecule has 0 saturated heterocycles. The molecule has 0 aliphatic heterocycles. The van der Waals surface area contributed by atoms with Crippen LogP contribution in [0, 0.1) is 13.8 Å². The highest BCUT2D eigenvalue weighted by Gasteiger charge is 2.10. The van der Waals surface area contributed by atoms with E-state index in [1.165, 1.54) is 0 Å². The highest BCUT2D eigenvalue weighted by molar-refractivity contribution is 5.92. The molecule has 0 aliphatic carbocycles. The summed E-state index contributed by atoms with van der Waals surface area (Å²) in [6, 6.07) is 11.4. The first-order chi connectivity index (χ1) is 12.5. The Labute approximate surface area is 155 Å². The number of nitrogens with one attached hydrogen (secondary N) is 1. The topological polar surface area (TPSA) is 56.8 Å². The van der Waals surface area contributed by atoms with Gasteiger partial charge in [0.1, 0.15) is 17.2 Å². The van der Waals surface area contributed by atoms with E-state index in [2.05, 4.69) is 11.4 Å². The largest absolute Gasteiger partial charge is 0.494 e. The van der Waals surface area contributed by atoms with Crippen LogP contribution < -0.4 is 19.5 Å². The van der Waals surface area contributed by atoms with Gasteiger partial charge in [0.2, 0.25) is 5.91 Å². The van der Waals surface area contributed by atoms with Gasteiger partial charge in [0.05, 0.1) is 31.9 Å². The molecule has 0 atom stereocenters. The summed E-state index contributed by atoms with van der Waals surface area (Å²) in [5.74, 6) is 1.96. The van der Waals surface area contributed by atoms with Crippen LogP contribution in [0.1, 0.15) is 31.4 Å². The van der Waals surface area contributed by atoms with E-state index in [0.717, 1.165) is 16.9 Å². The molecule has 0 aliphatic rings. The van der Waals surface area contributed by atoms with E-state index in [9.17, 15) is 4.79 Å². The zero-order chi connectivity index (χ0) is 18.9. The van der Waals surface area contributed by atoms with E-state index in [4.69, 9.17) is 14.2 Å². The number of ether oxygens (including phenoxy) is 3. The standard InChI is InChI=1S/C21H27NO4/c1-5-24-17-7-8-20(25-6-2)19(14-17)22-21(23)9-10-26-18-12-15(3)11-16(4)13-18/h7-8,11-14H,5-6,9-10H2,1-4H3,(H,22,23). The Kier molecular flexibility index (Phi) is 7.33. The van der Waals surface area contributed by atoms with Crippen LogP contribution in [0.2, 0.25) is 0 Å². The molecule has 0 heterocycles. The van der Waals surface area contributed by atoms with E-state index in [1.54, 1.807) is 12.1 Å². The molecule has 2 rings (SSSR count). The maximum Gasteiger partial charge on any atom is 0.227 e. The van der Waals surface area contributed by atoms with Crippen molar-refractivity contribution in [2.45, 2.75) is 34.1 Å². The van der Waals surface area contributed by atoms with Crippen molar-refractivity contribution in [3.8, 4) is 17.2 Å². The third kappa shape index (κ3) is 5.99. The van der Waals surface area contributed by atoms with Crippen LogP contribution in [0.4, 0.5) is 5.69 Å². The Hall–Kier alpha value is -2.69. The molecule has 5 heteroatoms. The molecule has 0 spiro atoms. The third-order valence-electron chi connectivity index (χ3n) is 3.63. The van der Waals surface area contributed by atoms with Crippen LogP contribution in [-0.4, -0.2) is 25.7 Å². The highest BCUT2D eigenvalue weighted by atomic mass is 16.5. The summed E-state index contributed by atoms with van der Waals surface area (Å²) in [5.41, 5.74) is 2.88. The second kappa shape index (κ2) is 9.70. The fourth-order valence-corrected chi connectivity index (χ4v) is 2.64. The minimum Gasteiger partial charge on any atom is -0.494 e. The van der Waals surface area contributed by atoms with E-state index in [-0.39, 0.29) is 12.3 Å². The maximum atomic E-state index is 12.3. The van der Waals surface area contributed by atoms with Crippen molar-refractivity contribution in [2.24, 2.45) is 0 Å². The summed E-state index contributed by atoms with van der Waals surface area (Å²) >= 11 is 0. The summed E-state index contributed by atoms with van der Waals surface area (Å²) in [6.07, 6.45) is 0.247. The van der Waals surface area contributed by atoms with Crippen LogP contribution in [-0.2, 0) is 4.79 Å². The number of aryl methyl sites for hydroxylation is 2. The summed E-state index contributed by atoms with van der Waals surface area (Å²) in [4.78, 5) is 12.3. The van der Waals surface area contributed by atoms with Gasteiger partial charge in [0, 0.05) is 6.07 Å². The number of rotatable bonds is 9. The van der Waals surface area contributed by atoms with Gasteiger partial charge in [-0.25, -0.2) is 0 Å². The molecule has 0 bridgehead atoms. The van der Waals surface area contributed by atoms with Crippen LogP contribution in [0.25, 0.3) is 0 Å². The first-order valence-electron chi connectivity index (χ1n) is 8.92. The molecule has 0 fully saturated rings. The maximum absolute atomic E-state index is 12.3. The van der Waals surface area contributed by atoms with Crippen molar-refractivity contribution < 1.29 is 19.0 Å². The Morgan fingerprint density at radius 3 is 2.23 bits per heavy atom. The normalized spacial score (nSPS) is 10.3. The number of carbonyl (C=O) groups excluding carboxylic acids is 1. The summed E-state index contributed by atoms with van der Waals surface area (Å²) in [6.45, 7) is 9.25. The van der Waals surface area contributed by atoms with Crippen molar-refractivity contribution in [1.82, 2.24) is 0 Å². The second-order valence-corrected chi connectivity index (χ2v) is 5.99. The molecule has 26 heavy (non-hydrogen) atoms. The van der Waals surface area contributed by atoms with Crippen molar-refractivity contribution in [2.75, 3.05) is 25.1 Å².